The average Bonchev–Trinajstić information content (AvgIpc) is 2.40. The lowest BCUT2D eigenvalue weighted by atomic mass is 9.85. The van der Waals surface area contributed by atoms with Crippen molar-refractivity contribution in [1.29, 1.82) is 0 Å². The maximum atomic E-state index is 12.9. The van der Waals surface area contributed by atoms with E-state index >= 15 is 0 Å². The third kappa shape index (κ3) is 2.98. The first-order valence-electron chi connectivity index (χ1n) is 6.31. The van der Waals surface area contributed by atoms with Gasteiger partial charge in [0.1, 0.15) is 0 Å². The van der Waals surface area contributed by atoms with Gasteiger partial charge >= 0.3 is 0 Å². The minimum atomic E-state index is -0.384. The van der Waals surface area contributed by atoms with Gasteiger partial charge in [0.2, 0.25) is 0 Å². The standard InChI is InChI=1S/C17H19F/c1-17(2,13-18)16-10-8-15(9-11-16)12-14-6-4-3-5-7-14/h3-11H,12-13H2,1-2H3. The molecule has 0 amide bonds. The van der Waals surface area contributed by atoms with Crippen molar-refractivity contribution >= 4 is 0 Å². The molecule has 0 saturated heterocycles. The molecule has 0 radical (unpaired) electrons. The molecule has 0 nitrogen and oxygen atoms in total. The molecular formula is C17H19F. The molecule has 0 aliphatic carbocycles. The molecule has 0 aliphatic heterocycles. The molecule has 0 fully saturated rings. The van der Waals surface area contributed by atoms with E-state index in [4.69, 9.17) is 0 Å². The lowest BCUT2D eigenvalue weighted by Gasteiger charge is -2.21. The minimum Gasteiger partial charge on any atom is -0.250 e. The molecule has 2 aromatic carbocycles. The average molecular weight is 242 g/mol. The fourth-order valence-electron chi connectivity index (χ4n) is 1.98. The van der Waals surface area contributed by atoms with Crippen LogP contribution in [0.4, 0.5) is 4.39 Å². The van der Waals surface area contributed by atoms with E-state index in [2.05, 4.69) is 36.4 Å². The largest absolute Gasteiger partial charge is 0.250 e. The van der Waals surface area contributed by atoms with Crippen LogP contribution in [0.2, 0.25) is 0 Å². The number of rotatable bonds is 4. The Morgan fingerprint density at radius 1 is 0.833 bits per heavy atom. The summed E-state index contributed by atoms with van der Waals surface area (Å²) in [6, 6.07) is 18.6. The molecule has 2 aromatic rings. The molecule has 0 spiro atoms. The lowest BCUT2D eigenvalue weighted by molar-refractivity contribution is 0.351. The first-order chi connectivity index (χ1) is 8.62. The molecule has 18 heavy (non-hydrogen) atoms. The van der Waals surface area contributed by atoms with Crippen molar-refractivity contribution < 1.29 is 4.39 Å². The summed E-state index contributed by atoms with van der Waals surface area (Å²) >= 11 is 0. The van der Waals surface area contributed by atoms with E-state index in [1.807, 2.05) is 32.0 Å². The highest BCUT2D eigenvalue weighted by atomic mass is 19.1. The van der Waals surface area contributed by atoms with Crippen LogP contribution in [0.3, 0.4) is 0 Å². The zero-order chi connectivity index (χ0) is 13.0. The van der Waals surface area contributed by atoms with Crippen LogP contribution in [0.5, 0.6) is 0 Å². The zero-order valence-corrected chi connectivity index (χ0v) is 11.0. The van der Waals surface area contributed by atoms with E-state index in [0.717, 1.165) is 12.0 Å². The van der Waals surface area contributed by atoms with Crippen molar-refractivity contribution in [3.05, 3.63) is 71.3 Å². The third-order valence-electron chi connectivity index (χ3n) is 3.32. The first kappa shape index (κ1) is 12.8. The van der Waals surface area contributed by atoms with Gasteiger partial charge in [-0.1, -0.05) is 68.4 Å². The van der Waals surface area contributed by atoms with Crippen LogP contribution in [-0.4, -0.2) is 6.67 Å². The van der Waals surface area contributed by atoms with E-state index in [9.17, 15) is 4.39 Å². The highest BCUT2D eigenvalue weighted by Crippen LogP contribution is 2.24. The van der Waals surface area contributed by atoms with Gasteiger partial charge in [0, 0.05) is 5.41 Å². The third-order valence-corrected chi connectivity index (χ3v) is 3.32. The van der Waals surface area contributed by atoms with Gasteiger partial charge in [0.05, 0.1) is 6.67 Å². The lowest BCUT2D eigenvalue weighted by Crippen LogP contribution is -2.19. The van der Waals surface area contributed by atoms with Crippen molar-refractivity contribution in [1.82, 2.24) is 0 Å². The second-order valence-electron chi connectivity index (χ2n) is 5.38. The predicted octanol–water partition coefficient (Wildman–Crippen LogP) is 4.52. The van der Waals surface area contributed by atoms with Gasteiger partial charge < -0.3 is 0 Å². The summed E-state index contributed by atoms with van der Waals surface area (Å²) in [5.74, 6) is 0. The van der Waals surface area contributed by atoms with Gasteiger partial charge in [-0.25, -0.2) is 0 Å². The predicted molar refractivity (Wildman–Crippen MR) is 74.7 cm³/mol. The van der Waals surface area contributed by atoms with E-state index in [1.165, 1.54) is 11.1 Å². The van der Waals surface area contributed by atoms with Crippen molar-refractivity contribution in [2.75, 3.05) is 6.67 Å². The summed E-state index contributed by atoms with van der Waals surface area (Å²) in [4.78, 5) is 0. The molecule has 2 rings (SSSR count). The fraction of sp³-hybridized carbons (Fsp3) is 0.294. The Balaban J connectivity index is 2.14. The van der Waals surface area contributed by atoms with Crippen molar-refractivity contribution in [3.63, 3.8) is 0 Å². The molecule has 0 N–H and O–H groups in total. The molecule has 0 heterocycles. The summed E-state index contributed by atoms with van der Waals surface area (Å²) in [7, 11) is 0. The first-order valence-corrected chi connectivity index (χ1v) is 6.31. The molecule has 94 valence electrons. The van der Waals surface area contributed by atoms with Gasteiger partial charge in [0.25, 0.3) is 0 Å². The molecule has 0 unspecified atom stereocenters. The molecule has 1 heteroatoms. The van der Waals surface area contributed by atoms with Gasteiger partial charge in [-0.3, -0.25) is 4.39 Å². The van der Waals surface area contributed by atoms with Crippen LogP contribution in [-0.2, 0) is 11.8 Å². The summed E-state index contributed by atoms with van der Waals surface area (Å²) in [6.07, 6.45) is 0.928. The Morgan fingerprint density at radius 3 is 1.94 bits per heavy atom. The van der Waals surface area contributed by atoms with Gasteiger partial charge in [-0.15, -0.1) is 0 Å². The SMILES string of the molecule is CC(C)(CF)c1ccc(Cc2ccccc2)cc1. The number of halogens is 1. The van der Waals surface area contributed by atoms with Gasteiger partial charge in [0.15, 0.2) is 0 Å². The number of hydrogen-bond acceptors (Lipinski definition) is 0. The Kier molecular flexibility index (Phi) is 3.81. The molecular weight excluding hydrogens is 223 g/mol. The summed E-state index contributed by atoms with van der Waals surface area (Å²) in [5.41, 5.74) is 3.24. The van der Waals surface area contributed by atoms with Crippen LogP contribution in [0, 0.1) is 0 Å². The fourth-order valence-corrected chi connectivity index (χ4v) is 1.98. The highest BCUT2D eigenvalue weighted by Gasteiger charge is 2.19. The summed E-state index contributed by atoms with van der Waals surface area (Å²) in [5, 5.41) is 0. The van der Waals surface area contributed by atoms with Crippen LogP contribution < -0.4 is 0 Å². The minimum absolute atomic E-state index is 0.328. The molecule has 0 aromatic heterocycles. The monoisotopic (exact) mass is 242 g/mol. The maximum absolute atomic E-state index is 12.9. The second kappa shape index (κ2) is 5.34. The quantitative estimate of drug-likeness (QED) is 0.739. The highest BCUT2D eigenvalue weighted by molar-refractivity contribution is 5.31. The number of hydrogen-bond donors (Lipinski definition) is 0. The maximum Gasteiger partial charge on any atom is 0.0985 e. The molecule has 0 aliphatic rings. The van der Waals surface area contributed by atoms with Crippen molar-refractivity contribution in [3.8, 4) is 0 Å². The topological polar surface area (TPSA) is 0 Å². The number of benzene rings is 2. The van der Waals surface area contributed by atoms with Crippen LogP contribution in [0.1, 0.15) is 30.5 Å². The van der Waals surface area contributed by atoms with E-state index < -0.39 is 0 Å². The number of alkyl halides is 1. The normalized spacial score (nSPS) is 11.5. The smallest absolute Gasteiger partial charge is 0.0985 e. The van der Waals surface area contributed by atoms with Crippen LogP contribution in [0.15, 0.2) is 54.6 Å². The van der Waals surface area contributed by atoms with Crippen molar-refractivity contribution in [2.24, 2.45) is 0 Å². The van der Waals surface area contributed by atoms with E-state index in [1.54, 1.807) is 0 Å². The summed E-state index contributed by atoms with van der Waals surface area (Å²) < 4.78 is 12.9. The Labute approximate surface area is 108 Å². The van der Waals surface area contributed by atoms with E-state index in [0.29, 0.717) is 0 Å². The molecule has 0 atom stereocenters. The molecule has 0 bridgehead atoms. The van der Waals surface area contributed by atoms with Crippen molar-refractivity contribution in [2.45, 2.75) is 25.7 Å². The molecule has 0 saturated carbocycles. The zero-order valence-electron chi connectivity index (χ0n) is 11.0. The Hall–Kier alpha value is -1.63. The van der Waals surface area contributed by atoms with Gasteiger partial charge in [-0.05, 0) is 23.1 Å². The summed E-state index contributed by atoms with van der Waals surface area (Å²) in [6.45, 7) is 3.53. The Morgan fingerprint density at radius 2 is 1.39 bits per heavy atom. The second-order valence-corrected chi connectivity index (χ2v) is 5.38. The Bertz CT molecular complexity index is 483. The van der Waals surface area contributed by atoms with Crippen LogP contribution >= 0.6 is 0 Å². The van der Waals surface area contributed by atoms with Crippen LogP contribution in [0.25, 0.3) is 0 Å². The van der Waals surface area contributed by atoms with Gasteiger partial charge in [-0.2, -0.15) is 0 Å². The van der Waals surface area contributed by atoms with E-state index in [-0.39, 0.29) is 12.1 Å².